The lowest BCUT2D eigenvalue weighted by molar-refractivity contribution is 0.0746. The van der Waals surface area contributed by atoms with Crippen LogP contribution in [0, 0.1) is 0 Å². The van der Waals surface area contributed by atoms with E-state index < -0.39 is 0 Å². The molecule has 1 fully saturated rings. The molecule has 0 spiro atoms. The van der Waals surface area contributed by atoms with Crippen LogP contribution in [0.2, 0.25) is 0 Å². The van der Waals surface area contributed by atoms with Crippen molar-refractivity contribution in [3.05, 3.63) is 60.2 Å². The fourth-order valence-corrected chi connectivity index (χ4v) is 3.80. The molecule has 4 heterocycles. The summed E-state index contributed by atoms with van der Waals surface area (Å²) in [5, 5.41) is 5.09. The summed E-state index contributed by atoms with van der Waals surface area (Å²) in [5.41, 5.74) is 2.59. The predicted octanol–water partition coefficient (Wildman–Crippen LogP) is 3.70. The molecule has 0 aliphatic carbocycles. The first-order valence-electron chi connectivity index (χ1n) is 10.5. The Morgan fingerprint density at radius 2 is 1.94 bits per heavy atom. The van der Waals surface area contributed by atoms with E-state index in [-0.39, 0.29) is 11.8 Å². The number of anilines is 1. The molecule has 1 saturated heterocycles. The van der Waals surface area contributed by atoms with Gasteiger partial charge in [-0.25, -0.2) is 4.98 Å². The largest absolute Gasteiger partial charge is 0.361 e. The Hall–Kier alpha value is -3.68. The molecule has 0 bridgehead atoms. The number of hydrogen-bond donors (Lipinski definition) is 1. The number of carbonyl (C=O) groups is 1. The molecular formula is C23H24N6O2. The molecule has 0 atom stereocenters. The Morgan fingerprint density at radius 3 is 2.65 bits per heavy atom. The summed E-state index contributed by atoms with van der Waals surface area (Å²) in [6.45, 7) is 6.84. The van der Waals surface area contributed by atoms with Gasteiger partial charge in [0, 0.05) is 66.5 Å². The van der Waals surface area contributed by atoms with E-state index in [9.17, 15) is 4.79 Å². The molecule has 1 aliphatic rings. The van der Waals surface area contributed by atoms with Gasteiger partial charge in [-0.1, -0.05) is 19.0 Å². The highest BCUT2D eigenvalue weighted by molar-refractivity contribution is 5.98. The third-order valence-electron chi connectivity index (χ3n) is 5.63. The van der Waals surface area contributed by atoms with Gasteiger partial charge in [-0.15, -0.1) is 0 Å². The quantitative estimate of drug-likeness (QED) is 0.545. The molecule has 0 saturated carbocycles. The zero-order valence-corrected chi connectivity index (χ0v) is 17.6. The lowest BCUT2D eigenvalue weighted by Gasteiger charge is -2.35. The fourth-order valence-electron chi connectivity index (χ4n) is 3.80. The number of nitrogens with zero attached hydrogens (tertiary/aromatic N) is 5. The van der Waals surface area contributed by atoms with E-state index in [1.807, 2.05) is 61.3 Å². The number of rotatable bonds is 4. The monoisotopic (exact) mass is 416 g/mol. The number of benzene rings is 1. The summed E-state index contributed by atoms with van der Waals surface area (Å²) >= 11 is 0. The van der Waals surface area contributed by atoms with Gasteiger partial charge in [0.05, 0.1) is 0 Å². The van der Waals surface area contributed by atoms with Crippen molar-refractivity contribution in [3.63, 3.8) is 0 Å². The van der Waals surface area contributed by atoms with Crippen LogP contribution in [0.4, 0.5) is 5.82 Å². The maximum atomic E-state index is 12.9. The molecule has 3 aromatic heterocycles. The maximum Gasteiger partial charge on any atom is 0.253 e. The number of piperazine rings is 1. The van der Waals surface area contributed by atoms with E-state index in [0.717, 1.165) is 40.9 Å². The number of fused-ring (bicyclic) bond motifs is 1. The number of aromatic nitrogens is 4. The van der Waals surface area contributed by atoms with E-state index >= 15 is 0 Å². The second kappa shape index (κ2) is 7.86. The minimum absolute atomic E-state index is 0.0733. The molecule has 5 rings (SSSR count). The molecule has 8 heteroatoms. The zero-order chi connectivity index (χ0) is 21.4. The second-order valence-corrected chi connectivity index (χ2v) is 8.07. The van der Waals surface area contributed by atoms with Crippen molar-refractivity contribution in [2.45, 2.75) is 19.8 Å². The highest BCUT2D eigenvalue weighted by Gasteiger charge is 2.23. The van der Waals surface area contributed by atoms with Crippen molar-refractivity contribution in [1.29, 1.82) is 0 Å². The molecule has 0 unspecified atom stereocenters. The fraction of sp³-hybridized carbons (Fsp3) is 0.304. The number of carbonyl (C=O) groups excluding carboxylic acids is 1. The average molecular weight is 416 g/mol. The van der Waals surface area contributed by atoms with Crippen LogP contribution in [0.25, 0.3) is 22.3 Å². The van der Waals surface area contributed by atoms with Crippen LogP contribution in [-0.4, -0.2) is 57.1 Å². The van der Waals surface area contributed by atoms with Crippen LogP contribution in [0.15, 0.2) is 53.3 Å². The first-order chi connectivity index (χ1) is 15.1. The van der Waals surface area contributed by atoms with Gasteiger partial charge in [0.1, 0.15) is 5.82 Å². The number of pyridine rings is 1. The Kier molecular flexibility index (Phi) is 4.89. The molecule has 1 aliphatic heterocycles. The van der Waals surface area contributed by atoms with E-state index in [4.69, 9.17) is 4.52 Å². The lowest BCUT2D eigenvalue weighted by Crippen LogP contribution is -2.49. The van der Waals surface area contributed by atoms with Gasteiger partial charge in [-0.2, -0.15) is 4.98 Å². The second-order valence-electron chi connectivity index (χ2n) is 8.07. The normalized spacial score (nSPS) is 14.5. The molecule has 8 nitrogen and oxygen atoms in total. The van der Waals surface area contributed by atoms with E-state index in [1.54, 1.807) is 6.20 Å². The van der Waals surface area contributed by atoms with Crippen molar-refractivity contribution < 1.29 is 9.32 Å². The minimum Gasteiger partial charge on any atom is -0.361 e. The standard InChI is InChI=1S/C23H24N6O2/c1-15(2)22-26-21(27-31-22)18-4-6-20(25-14-18)28-9-11-29(12-10-28)23(30)17-3-5-19-16(13-17)7-8-24-19/h3-8,13-15,24H,9-12H2,1-2H3. The summed E-state index contributed by atoms with van der Waals surface area (Å²) in [7, 11) is 0. The minimum atomic E-state index is 0.0733. The Morgan fingerprint density at radius 1 is 1.10 bits per heavy atom. The molecule has 4 aromatic rings. The molecule has 1 aromatic carbocycles. The molecule has 158 valence electrons. The van der Waals surface area contributed by atoms with Crippen LogP contribution in [-0.2, 0) is 0 Å². The van der Waals surface area contributed by atoms with Gasteiger partial charge in [0.15, 0.2) is 0 Å². The van der Waals surface area contributed by atoms with Crippen LogP contribution >= 0.6 is 0 Å². The molecular weight excluding hydrogens is 392 g/mol. The first kappa shape index (κ1) is 19.3. The number of hydrogen-bond acceptors (Lipinski definition) is 6. The summed E-state index contributed by atoms with van der Waals surface area (Å²) in [5.74, 6) is 2.33. The van der Waals surface area contributed by atoms with Gasteiger partial charge in [0.25, 0.3) is 5.91 Å². The van der Waals surface area contributed by atoms with Crippen molar-refractivity contribution in [1.82, 2.24) is 25.0 Å². The Labute approximate surface area is 179 Å². The summed E-state index contributed by atoms with van der Waals surface area (Å²) in [4.78, 5) is 29.2. The third-order valence-corrected chi connectivity index (χ3v) is 5.63. The molecule has 1 N–H and O–H groups in total. The van der Waals surface area contributed by atoms with Gasteiger partial charge >= 0.3 is 0 Å². The van der Waals surface area contributed by atoms with Crippen molar-refractivity contribution in [2.75, 3.05) is 31.1 Å². The van der Waals surface area contributed by atoms with Crippen molar-refractivity contribution in [2.24, 2.45) is 0 Å². The van der Waals surface area contributed by atoms with Gasteiger partial charge < -0.3 is 19.3 Å². The smallest absolute Gasteiger partial charge is 0.253 e. The van der Waals surface area contributed by atoms with Gasteiger partial charge in [-0.3, -0.25) is 4.79 Å². The first-order valence-corrected chi connectivity index (χ1v) is 10.5. The van der Waals surface area contributed by atoms with Gasteiger partial charge in [-0.05, 0) is 36.4 Å². The van der Waals surface area contributed by atoms with Crippen molar-refractivity contribution in [3.8, 4) is 11.4 Å². The van der Waals surface area contributed by atoms with E-state index in [0.29, 0.717) is 24.8 Å². The SMILES string of the molecule is CC(C)c1nc(-c2ccc(N3CCN(C(=O)c4ccc5[nH]ccc5c4)CC3)nc2)no1. The Bertz CT molecular complexity index is 1200. The summed E-state index contributed by atoms with van der Waals surface area (Å²) < 4.78 is 5.28. The summed E-state index contributed by atoms with van der Waals surface area (Å²) in [6.07, 6.45) is 3.66. The topological polar surface area (TPSA) is 91.2 Å². The Balaban J connectivity index is 1.23. The highest BCUT2D eigenvalue weighted by atomic mass is 16.5. The van der Waals surface area contributed by atoms with Crippen LogP contribution in [0.5, 0.6) is 0 Å². The average Bonchev–Trinajstić information content (AvgIpc) is 3.48. The molecule has 31 heavy (non-hydrogen) atoms. The maximum absolute atomic E-state index is 12.9. The number of amides is 1. The lowest BCUT2D eigenvalue weighted by atomic mass is 10.1. The number of nitrogens with one attached hydrogen (secondary N) is 1. The van der Waals surface area contributed by atoms with Crippen LogP contribution in [0.1, 0.15) is 36.0 Å². The van der Waals surface area contributed by atoms with Crippen molar-refractivity contribution >= 4 is 22.6 Å². The van der Waals surface area contributed by atoms with Crippen LogP contribution < -0.4 is 4.90 Å². The van der Waals surface area contributed by atoms with Crippen LogP contribution in [0.3, 0.4) is 0 Å². The highest BCUT2D eigenvalue weighted by Crippen LogP contribution is 2.22. The molecule has 1 amide bonds. The number of H-pyrrole nitrogens is 1. The van der Waals surface area contributed by atoms with E-state index in [1.165, 1.54) is 0 Å². The third kappa shape index (κ3) is 3.76. The zero-order valence-electron chi connectivity index (χ0n) is 17.6. The van der Waals surface area contributed by atoms with E-state index in [2.05, 4.69) is 25.0 Å². The van der Waals surface area contributed by atoms with Gasteiger partial charge in [0.2, 0.25) is 11.7 Å². The number of aromatic amines is 1. The predicted molar refractivity (Wildman–Crippen MR) is 118 cm³/mol. The summed E-state index contributed by atoms with van der Waals surface area (Å²) in [6, 6.07) is 11.7. The molecule has 0 radical (unpaired) electrons.